The van der Waals surface area contributed by atoms with E-state index in [1.807, 2.05) is 30.3 Å². The molecule has 1 heterocycles. The molecule has 0 saturated carbocycles. The van der Waals surface area contributed by atoms with Gasteiger partial charge in [0, 0.05) is 10.9 Å². The van der Waals surface area contributed by atoms with E-state index in [1.165, 1.54) is 12.1 Å². The van der Waals surface area contributed by atoms with Gasteiger partial charge in [0.05, 0.1) is 11.0 Å². The van der Waals surface area contributed by atoms with E-state index in [-0.39, 0.29) is 5.82 Å². The number of hydrogen-bond acceptors (Lipinski definition) is 1. The number of imidazole rings is 1. The molecule has 4 heteroatoms. The third-order valence-electron chi connectivity index (χ3n) is 2.77. The molecular weight excluding hydrogens is 295 g/mol. The van der Waals surface area contributed by atoms with Gasteiger partial charge in [0.15, 0.2) is 0 Å². The number of para-hydroxylation sites is 2. The zero-order valence-electron chi connectivity index (χ0n) is 9.45. The van der Waals surface area contributed by atoms with Crippen molar-refractivity contribution in [1.29, 1.82) is 0 Å². The van der Waals surface area contributed by atoms with Crippen LogP contribution in [0.1, 0.15) is 5.56 Å². The van der Waals surface area contributed by atoms with Gasteiger partial charge in [-0.3, -0.25) is 0 Å². The van der Waals surface area contributed by atoms with Crippen LogP contribution in [0.5, 0.6) is 0 Å². The number of rotatable bonds is 2. The molecule has 0 unspecified atom stereocenters. The molecule has 0 aliphatic carbocycles. The molecule has 0 radical (unpaired) electrons. The summed E-state index contributed by atoms with van der Waals surface area (Å²) < 4.78 is 13.5. The molecule has 2 aromatic carbocycles. The molecular formula is C14H10BrFN2. The lowest BCUT2D eigenvalue weighted by atomic mass is 10.1. The second kappa shape index (κ2) is 4.53. The van der Waals surface area contributed by atoms with Gasteiger partial charge < -0.3 is 4.98 Å². The topological polar surface area (TPSA) is 28.7 Å². The van der Waals surface area contributed by atoms with Crippen molar-refractivity contribution in [2.45, 2.75) is 5.33 Å². The van der Waals surface area contributed by atoms with Crippen LogP contribution in [0.4, 0.5) is 4.39 Å². The maximum Gasteiger partial charge on any atom is 0.138 e. The first-order valence-corrected chi connectivity index (χ1v) is 6.69. The van der Waals surface area contributed by atoms with Crippen LogP contribution in [0.25, 0.3) is 22.4 Å². The highest BCUT2D eigenvalue weighted by atomic mass is 79.9. The van der Waals surface area contributed by atoms with Gasteiger partial charge in [-0.25, -0.2) is 9.37 Å². The molecule has 1 aromatic heterocycles. The van der Waals surface area contributed by atoms with Crippen LogP contribution in [0.15, 0.2) is 42.5 Å². The van der Waals surface area contributed by atoms with Crippen molar-refractivity contribution in [2.24, 2.45) is 0 Å². The van der Waals surface area contributed by atoms with E-state index in [4.69, 9.17) is 0 Å². The van der Waals surface area contributed by atoms with E-state index in [0.29, 0.717) is 11.2 Å². The summed E-state index contributed by atoms with van der Waals surface area (Å²) in [6, 6.07) is 12.7. The highest BCUT2D eigenvalue weighted by Gasteiger charge is 2.07. The lowest BCUT2D eigenvalue weighted by molar-refractivity contribution is 0.627. The standard InChI is InChI=1S/C14H10BrFN2/c15-8-9-5-10(7-11(16)6-9)14-17-12-3-1-2-4-13(12)18-14/h1-7H,8H2,(H,17,18). The van der Waals surface area contributed by atoms with Gasteiger partial charge in [0.2, 0.25) is 0 Å². The third kappa shape index (κ3) is 2.04. The number of nitrogens with one attached hydrogen (secondary N) is 1. The molecule has 3 aromatic rings. The first-order chi connectivity index (χ1) is 8.76. The molecule has 1 N–H and O–H groups in total. The van der Waals surface area contributed by atoms with Gasteiger partial charge in [-0.2, -0.15) is 0 Å². The highest BCUT2D eigenvalue weighted by molar-refractivity contribution is 9.08. The molecule has 18 heavy (non-hydrogen) atoms. The Morgan fingerprint density at radius 2 is 2.00 bits per heavy atom. The summed E-state index contributed by atoms with van der Waals surface area (Å²) in [4.78, 5) is 7.66. The first-order valence-electron chi connectivity index (χ1n) is 5.57. The SMILES string of the molecule is Fc1cc(CBr)cc(-c2nc3ccccc3[nH]2)c1. The van der Waals surface area contributed by atoms with E-state index in [9.17, 15) is 4.39 Å². The summed E-state index contributed by atoms with van der Waals surface area (Å²) in [6.45, 7) is 0. The van der Waals surface area contributed by atoms with Crippen molar-refractivity contribution in [3.8, 4) is 11.4 Å². The fraction of sp³-hybridized carbons (Fsp3) is 0.0714. The molecule has 90 valence electrons. The predicted molar refractivity (Wildman–Crippen MR) is 74.1 cm³/mol. The number of fused-ring (bicyclic) bond motifs is 1. The van der Waals surface area contributed by atoms with E-state index < -0.39 is 0 Å². The van der Waals surface area contributed by atoms with E-state index in [1.54, 1.807) is 0 Å². The highest BCUT2D eigenvalue weighted by Crippen LogP contribution is 2.23. The fourth-order valence-corrected chi connectivity index (χ4v) is 2.28. The Bertz CT molecular complexity index is 673. The molecule has 0 aliphatic heterocycles. The number of aromatic amines is 1. The predicted octanol–water partition coefficient (Wildman–Crippen LogP) is 4.26. The van der Waals surface area contributed by atoms with Crippen LogP contribution in [-0.4, -0.2) is 9.97 Å². The quantitative estimate of drug-likeness (QED) is 0.704. The fourth-order valence-electron chi connectivity index (χ4n) is 1.95. The molecule has 3 rings (SSSR count). The number of nitrogens with zero attached hydrogens (tertiary/aromatic N) is 1. The van der Waals surface area contributed by atoms with E-state index >= 15 is 0 Å². The average Bonchev–Trinajstić information content (AvgIpc) is 2.81. The Morgan fingerprint density at radius 1 is 1.17 bits per heavy atom. The number of hydrogen-bond donors (Lipinski definition) is 1. The minimum absolute atomic E-state index is 0.248. The van der Waals surface area contributed by atoms with Crippen LogP contribution in [0.3, 0.4) is 0 Å². The molecule has 0 bridgehead atoms. The minimum Gasteiger partial charge on any atom is -0.338 e. The Kier molecular flexibility index (Phi) is 2.88. The van der Waals surface area contributed by atoms with Gasteiger partial charge >= 0.3 is 0 Å². The number of halogens is 2. The summed E-state index contributed by atoms with van der Waals surface area (Å²) in [5.41, 5.74) is 3.50. The zero-order valence-corrected chi connectivity index (χ0v) is 11.0. The van der Waals surface area contributed by atoms with Gasteiger partial charge in [0.1, 0.15) is 11.6 Å². The first kappa shape index (κ1) is 11.4. The van der Waals surface area contributed by atoms with Crippen molar-refractivity contribution in [3.05, 3.63) is 53.8 Å². The summed E-state index contributed by atoms with van der Waals surface area (Å²) in [5, 5.41) is 0.623. The molecule has 0 saturated heterocycles. The van der Waals surface area contributed by atoms with E-state index in [0.717, 1.165) is 22.2 Å². The summed E-state index contributed by atoms with van der Waals surface area (Å²) in [5.74, 6) is 0.445. The van der Waals surface area contributed by atoms with Gasteiger partial charge in [-0.05, 0) is 35.9 Å². The molecule has 2 nitrogen and oxygen atoms in total. The number of benzene rings is 2. The number of alkyl halides is 1. The van der Waals surface area contributed by atoms with Crippen molar-refractivity contribution in [2.75, 3.05) is 0 Å². The van der Waals surface area contributed by atoms with Crippen molar-refractivity contribution in [3.63, 3.8) is 0 Å². The molecule has 0 amide bonds. The molecule has 0 atom stereocenters. The van der Waals surface area contributed by atoms with Gasteiger partial charge in [-0.1, -0.05) is 28.1 Å². The van der Waals surface area contributed by atoms with Gasteiger partial charge in [-0.15, -0.1) is 0 Å². The Morgan fingerprint density at radius 3 is 2.78 bits per heavy atom. The normalized spacial score (nSPS) is 11.0. The summed E-state index contributed by atoms with van der Waals surface area (Å²) >= 11 is 3.34. The van der Waals surface area contributed by atoms with Crippen LogP contribution < -0.4 is 0 Å². The summed E-state index contributed by atoms with van der Waals surface area (Å²) in [7, 11) is 0. The van der Waals surface area contributed by atoms with Crippen LogP contribution in [0, 0.1) is 5.82 Å². The minimum atomic E-state index is -0.248. The van der Waals surface area contributed by atoms with Crippen LogP contribution in [-0.2, 0) is 5.33 Å². The maximum atomic E-state index is 13.5. The lowest BCUT2D eigenvalue weighted by Crippen LogP contribution is -1.87. The van der Waals surface area contributed by atoms with Crippen LogP contribution >= 0.6 is 15.9 Å². The van der Waals surface area contributed by atoms with Crippen molar-refractivity contribution in [1.82, 2.24) is 9.97 Å². The molecule has 0 fully saturated rings. The number of aromatic nitrogens is 2. The third-order valence-corrected chi connectivity index (χ3v) is 3.42. The molecule has 0 aliphatic rings. The smallest absolute Gasteiger partial charge is 0.138 e. The van der Waals surface area contributed by atoms with E-state index in [2.05, 4.69) is 25.9 Å². The average molecular weight is 305 g/mol. The monoisotopic (exact) mass is 304 g/mol. The number of H-pyrrole nitrogens is 1. The largest absolute Gasteiger partial charge is 0.338 e. The maximum absolute atomic E-state index is 13.5. The van der Waals surface area contributed by atoms with Crippen molar-refractivity contribution >= 4 is 27.0 Å². The van der Waals surface area contributed by atoms with Crippen molar-refractivity contribution < 1.29 is 4.39 Å². The zero-order chi connectivity index (χ0) is 12.5. The Balaban J connectivity index is 2.16. The Hall–Kier alpha value is -1.68. The lowest BCUT2D eigenvalue weighted by Gasteiger charge is -2.01. The van der Waals surface area contributed by atoms with Crippen LogP contribution in [0.2, 0.25) is 0 Å². The second-order valence-corrected chi connectivity index (χ2v) is 4.65. The van der Waals surface area contributed by atoms with Gasteiger partial charge in [0.25, 0.3) is 0 Å². The summed E-state index contributed by atoms with van der Waals surface area (Å²) in [6.07, 6.45) is 0. The molecule has 0 spiro atoms. The Labute approximate surface area is 112 Å². The second-order valence-electron chi connectivity index (χ2n) is 4.08.